The van der Waals surface area contributed by atoms with E-state index < -0.39 is 16.1 Å². The van der Waals surface area contributed by atoms with Crippen LogP contribution in [0.15, 0.2) is 36.4 Å². The van der Waals surface area contributed by atoms with E-state index in [-0.39, 0.29) is 19.1 Å². The first-order valence-corrected chi connectivity index (χ1v) is 12.0. The summed E-state index contributed by atoms with van der Waals surface area (Å²) in [7, 11) is -3.71. The molecule has 0 radical (unpaired) electrons. The number of ether oxygens (including phenoxy) is 1. The second kappa shape index (κ2) is 10.2. The Kier molecular flexibility index (Phi) is 8.15. The van der Waals surface area contributed by atoms with Crippen molar-refractivity contribution >= 4 is 33.2 Å². The second-order valence-electron chi connectivity index (χ2n) is 7.38. The number of amides is 1. The molecule has 0 heterocycles. The third-order valence-electron chi connectivity index (χ3n) is 4.60. The van der Waals surface area contributed by atoms with Gasteiger partial charge in [0.15, 0.2) is 0 Å². The van der Waals surface area contributed by atoms with E-state index in [1.54, 1.807) is 32.0 Å². The molecule has 164 valence electrons. The first kappa shape index (κ1) is 24.0. The fourth-order valence-corrected chi connectivity index (χ4v) is 4.76. The van der Waals surface area contributed by atoms with Crippen LogP contribution >= 0.6 is 11.6 Å². The summed E-state index contributed by atoms with van der Waals surface area (Å²) in [6.45, 7) is 8.07. The van der Waals surface area contributed by atoms with Crippen LogP contribution in [-0.2, 0) is 14.8 Å². The lowest BCUT2D eigenvalue weighted by Gasteiger charge is -2.31. The predicted molar refractivity (Wildman–Crippen MR) is 122 cm³/mol. The van der Waals surface area contributed by atoms with Crippen LogP contribution in [0.3, 0.4) is 0 Å². The summed E-state index contributed by atoms with van der Waals surface area (Å²) in [4.78, 5) is 12.8. The maximum atomic E-state index is 12.8. The predicted octanol–water partition coefficient (Wildman–Crippen LogP) is 4.01. The van der Waals surface area contributed by atoms with Crippen LogP contribution in [0.2, 0.25) is 5.02 Å². The lowest BCUT2D eigenvalue weighted by molar-refractivity contribution is -0.122. The van der Waals surface area contributed by atoms with Gasteiger partial charge < -0.3 is 10.1 Å². The van der Waals surface area contributed by atoms with E-state index in [1.807, 2.05) is 26.0 Å². The molecule has 30 heavy (non-hydrogen) atoms. The lowest BCUT2D eigenvalue weighted by atomic mass is 10.1. The third kappa shape index (κ3) is 6.37. The molecule has 0 aliphatic heterocycles. The molecule has 0 unspecified atom stereocenters. The Labute approximate surface area is 184 Å². The number of benzene rings is 2. The van der Waals surface area contributed by atoms with Gasteiger partial charge in [-0.15, -0.1) is 0 Å². The van der Waals surface area contributed by atoms with Crippen molar-refractivity contribution in [3.8, 4) is 5.75 Å². The van der Waals surface area contributed by atoms with Crippen molar-refractivity contribution in [2.45, 2.75) is 40.2 Å². The van der Waals surface area contributed by atoms with Gasteiger partial charge in [-0.3, -0.25) is 9.10 Å². The topological polar surface area (TPSA) is 75.7 Å². The fraction of sp³-hybridized carbons (Fsp3) is 0.409. The summed E-state index contributed by atoms with van der Waals surface area (Å²) in [6, 6.07) is 10.0. The van der Waals surface area contributed by atoms with E-state index in [9.17, 15) is 13.2 Å². The Morgan fingerprint density at radius 2 is 1.77 bits per heavy atom. The average molecular weight is 453 g/mol. The molecule has 6 nitrogen and oxygen atoms in total. The highest BCUT2D eigenvalue weighted by atomic mass is 35.5. The van der Waals surface area contributed by atoms with Crippen LogP contribution in [-0.4, -0.2) is 39.8 Å². The number of carbonyl (C=O) groups is 1. The van der Waals surface area contributed by atoms with Crippen LogP contribution in [0.4, 0.5) is 5.69 Å². The number of aryl methyl sites for hydroxylation is 3. The Hall–Kier alpha value is -2.25. The quantitative estimate of drug-likeness (QED) is 0.583. The number of rotatable bonds is 9. The third-order valence-corrected chi connectivity index (χ3v) is 6.00. The van der Waals surface area contributed by atoms with Crippen LogP contribution in [0, 0.1) is 20.8 Å². The van der Waals surface area contributed by atoms with E-state index in [0.717, 1.165) is 27.4 Å². The molecule has 0 fully saturated rings. The fourth-order valence-electron chi connectivity index (χ4n) is 3.33. The molecule has 0 saturated heterocycles. The lowest BCUT2D eigenvalue weighted by Crippen LogP contribution is -2.50. The van der Waals surface area contributed by atoms with Gasteiger partial charge in [0.2, 0.25) is 15.9 Å². The van der Waals surface area contributed by atoms with Crippen LogP contribution in [0.25, 0.3) is 0 Å². The molecule has 8 heteroatoms. The molecular weight excluding hydrogens is 424 g/mol. The number of sulfonamides is 1. The highest BCUT2D eigenvalue weighted by Gasteiger charge is 2.32. The van der Waals surface area contributed by atoms with Gasteiger partial charge in [0.05, 0.1) is 18.5 Å². The van der Waals surface area contributed by atoms with Crippen molar-refractivity contribution < 1.29 is 17.9 Å². The van der Waals surface area contributed by atoms with E-state index in [1.165, 1.54) is 0 Å². The Balaban J connectivity index is 2.11. The minimum absolute atomic E-state index is 0.258. The maximum absolute atomic E-state index is 12.8. The van der Waals surface area contributed by atoms with Crippen LogP contribution in [0.1, 0.15) is 30.0 Å². The second-order valence-corrected chi connectivity index (χ2v) is 9.67. The minimum atomic E-state index is -3.71. The van der Waals surface area contributed by atoms with Gasteiger partial charge in [-0.1, -0.05) is 30.7 Å². The van der Waals surface area contributed by atoms with Crippen LogP contribution < -0.4 is 14.4 Å². The van der Waals surface area contributed by atoms with Gasteiger partial charge in [0.25, 0.3) is 0 Å². The van der Waals surface area contributed by atoms with E-state index >= 15 is 0 Å². The molecule has 1 N–H and O–H groups in total. The van der Waals surface area contributed by atoms with Gasteiger partial charge >= 0.3 is 0 Å². The zero-order chi connectivity index (χ0) is 22.5. The molecule has 2 rings (SSSR count). The standard InChI is InChI=1S/C22H29ClN2O4S/c1-6-20(25(30(5,27)28)21-14-18(23)8-7-17(21)4)22(26)24-9-10-29-19-12-15(2)11-16(3)13-19/h7-8,11-14,20H,6,9-10H2,1-5H3,(H,24,26)/t20-/m1/s1. The van der Waals surface area contributed by atoms with Crippen molar-refractivity contribution in [1.29, 1.82) is 0 Å². The van der Waals surface area contributed by atoms with Crippen molar-refractivity contribution in [3.05, 3.63) is 58.1 Å². The van der Waals surface area contributed by atoms with Crippen LogP contribution in [0.5, 0.6) is 5.75 Å². The summed E-state index contributed by atoms with van der Waals surface area (Å²) >= 11 is 6.08. The van der Waals surface area contributed by atoms with Gasteiger partial charge in [-0.2, -0.15) is 0 Å². The van der Waals surface area contributed by atoms with E-state index in [2.05, 4.69) is 11.4 Å². The summed E-state index contributed by atoms with van der Waals surface area (Å²) < 4.78 is 32.0. The molecule has 1 amide bonds. The zero-order valence-corrected chi connectivity index (χ0v) is 19.6. The monoisotopic (exact) mass is 452 g/mol. The number of nitrogens with zero attached hydrogens (tertiary/aromatic N) is 1. The molecule has 0 aliphatic rings. The number of carbonyl (C=O) groups excluding carboxylic acids is 1. The molecular formula is C22H29ClN2O4S. The molecule has 0 spiro atoms. The molecule has 2 aromatic rings. The number of nitrogens with one attached hydrogen (secondary N) is 1. The molecule has 0 aromatic heterocycles. The number of hydrogen-bond donors (Lipinski definition) is 1. The van der Waals surface area contributed by atoms with E-state index in [0.29, 0.717) is 22.7 Å². The SMILES string of the molecule is CC[C@H](C(=O)NCCOc1cc(C)cc(C)c1)N(c1cc(Cl)ccc1C)S(C)(=O)=O. The normalized spacial score (nSPS) is 12.3. The van der Waals surface area contributed by atoms with Crippen molar-refractivity contribution in [2.75, 3.05) is 23.7 Å². The van der Waals surface area contributed by atoms with Crippen molar-refractivity contribution in [2.24, 2.45) is 0 Å². The highest BCUT2D eigenvalue weighted by molar-refractivity contribution is 7.92. The number of halogens is 1. The minimum Gasteiger partial charge on any atom is -0.492 e. The van der Waals surface area contributed by atoms with Gasteiger partial charge in [-0.05, 0) is 68.1 Å². The van der Waals surface area contributed by atoms with Gasteiger partial charge in [0.1, 0.15) is 18.4 Å². The van der Waals surface area contributed by atoms with E-state index in [4.69, 9.17) is 16.3 Å². The van der Waals surface area contributed by atoms with Crippen molar-refractivity contribution in [1.82, 2.24) is 5.32 Å². The Morgan fingerprint density at radius 3 is 2.33 bits per heavy atom. The van der Waals surface area contributed by atoms with Gasteiger partial charge in [-0.25, -0.2) is 8.42 Å². The number of hydrogen-bond acceptors (Lipinski definition) is 4. The largest absolute Gasteiger partial charge is 0.492 e. The molecule has 0 saturated carbocycles. The average Bonchev–Trinajstić information content (AvgIpc) is 2.63. The molecule has 2 aromatic carbocycles. The zero-order valence-electron chi connectivity index (χ0n) is 18.0. The number of anilines is 1. The molecule has 1 atom stereocenters. The Bertz CT molecular complexity index is 988. The summed E-state index contributed by atoms with van der Waals surface area (Å²) in [5.74, 6) is 0.354. The molecule has 0 bridgehead atoms. The summed E-state index contributed by atoms with van der Waals surface area (Å²) in [5, 5.41) is 3.19. The Morgan fingerprint density at radius 1 is 1.13 bits per heavy atom. The highest BCUT2D eigenvalue weighted by Crippen LogP contribution is 2.29. The maximum Gasteiger partial charge on any atom is 0.244 e. The smallest absolute Gasteiger partial charge is 0.244 e. The summed E-state index contributed by atoms with van der Waals surface area (Å²) in [5.41, 5.74) is 3.31. The summed E-state index contributed by atoms with van der Waals surface area (Å²) in [6.07, 6.45) is 1.40. The van der Waals surface area contributed by atoms with Crippen molar-refractivity contribution in [3.63, 3.8) is 0 Å². The van der Waals surface area contributed by atoms with Gasteiger partial charge in [0, 0.05) is 5.02 Å². The molecule has 0 aliphatic carbocycles. The first-order chi connectivity index (χ1) is 14.0. The first-order valence-electron chi connectivity index (χ1n) is 9.77.